The van der Waals surface area contributed by atoms with Crippen LogP contribution >= 0.6 is 12.4 Å². The molecule has 0 saturated heterocycles. The highest BCUT2D eigenvalue weighted by molar-refractivity contribution is 5.85. The number of benzene rings is 1. The van der Waals surface area contributed by atoms with Gasteiger partial charge in [0.15, 0.2) is 0 Å². The van der Waals surface area contributed by atoms with E-state index >= 15 is 0 Å². The van der Waals surface area contributed by atoms with E-state index in [0.29, 0.717) is 18.5 Å². The molecular weight excluding hydrogens is 262 g/mol. The van der Waals surface area contributed by atoms with E-state index in [-0.39, 0.29) is 30.4 Å². The maximum absolute atomic E-state index is 13.6. The van der Waals surface area contributed by atoms with Gasteiger partial charge >= 0.3 is 0 Å². The molecule has 0 saturated carbocycles. The van der Waals surface area contributed by atoms with Gasteiger partial charge in [-0.25, -0.2) is 8.78 Å². The lowest BCUT2D eigenvalue weighted by Gasteiger charge is -2.30. The Morgan fingerprint density at radius 1 is 1.33 bits per heavy atom. The summed E-state index contributed by atoms with van der Waals surface area (Å²) in [5, 5.41) is 0. The molecule has 1 heterocycles. The predicted octanol–water partition coefficient (Wildman–Crippen LogP) is 1.62. The fourth-order valence-corrected chi connectivity index (χ4v) is 2.07. The number of halogens is 3. The molecule has 2 N–H and O–H groups in total. The van der Waals surface area contributed by atoms with Gasteiger partial charge in [-0.05, 0) is 31.0 Å². The molecule has 1 aromatic carbocycles. The summed E-state index contributed by atoms with van der Waals surface area (Å²) in [6.45, 7) is 2.06. The second-order valence-electron chi connectivity index (χ2n) is 4.28. The summed E-state index contributed by atoms with van der Waals surface area (Å²) in [5.41, 5.74) is 6.14. The summed E-state index contributed by atoms with van der Waals surface area (Å²) < 4.78 is 27.0. The number of fused-ring (bicyclic) bond motifs is 1. The third-order valence-corrected chi connectivity index (χ3v) is 3.00. The van der Waals surface area contributed by atoms with Crippen LogP contribution in [-0.2, 0) is 17.8 Å². The summed E-state index contributed by atoms with van der Waals surface area (Å²) in [5.74, 6) is -1.11. The highest BCUT2D eigenvalue weighted by atomic mass is 35.5. The number of carbonyl (C=O) groups is 1. The molecule has 0 fully saturated rings. The van der Waals surface area contributed by atoms with E-state index in [2.05, 4.69) is 0 Å². The van der Waals surface area contributed by atoms with Crippen molar-refractivity contribution in [2.24, 2.45) is 5.73 Å². The van der Waals surface area contributed by atoms with Crippen LogP contribution in [0.3, 0.4) is 0 Å². The van der Waals surface area contributed by atoms with Gasteiger partial charge in [-0.2, -0.15) is 0 Å². The standard InChI is InChI=1S/C12H14F2N2O.ClH/c1-7(15)12(17)16-5-4-8-9(6-16)11(14)3-2-10(8)13;/h2-3,7H,4-6,15H2,1H3;1H/t7-;/m1./s1. The van der Waals surface area contributed by atoms with E-state index in [9.17, 15) is 13.6 Å². The van der Waals surface area contributed by atoms with E-state index in [4.69, 9.17) is 5.73 Å². The number of amides is 1. The first-order valence-electron chi connectivity index (χ1n) is 5.51. The van der Waals surface area contributed by atoms with Crippen LogP contribution in [0.1, 0.15) is 18.1 Å². The number of rotatable bonds is 1. The maximum atomic E-state index is 13.6. The van der Waals surface area contributed by atoms with Gasteiger partial charge in [0.25, 0.3) is 0 Å². The molecule has 0 aromatic heterocycles. The minimum absolute atomic E-state index is 0. The second-order valence-corrected chi connectivity index (χ2v) is 4.28. The van der Waals surface area contributed by atoms with E-state index in [1.807, 2.05) is 0 Å². The Balaban J connectivity index is 0.00000162. The van der Waals surface area contributed by atoms with Gasteiger partial charge in [0.1, 0.15) is 11.6 Å². The third-order valence-electron chi connectivity index (χ3n) is 3.00. The normalized spacial score (nSPS) is 15.7. The second kappa shape index (κ2) is 5.63. The van der Waals surface area contributed by atoms with Crippen molar-refractivity contribution in [2.45, 2.75) is 25.9 Å². The number of nitrogens with zero attached hydrogens (tertiary/aromatic N) is 1. The van der Waals surface area contributed by atoms with Crippen LogP contribution in [0.2, 0.25) is 0 Å². The minimum atomic E-state index is -0.617. The van der Waals surface area contributed by atoms with Gasteiger partial charge < -0.3 is 10.6 Å². The lowest BCUT2D eigenvalue weighted by molar-refractivity contribution is -0.133. The van der Waals surface area contributed by atoms with Gasteiger partial charge in [-0.1, -0.05) is 0 Å². The van der Waals surface area contributed by atoms with Gasteiger partial charge in [0.05, 0.1) is 6.04 Å². The fourth-order valence-electron chi connectivity index (χ4n) is 2.07. The van der Waals surface area contributed by atoms with Crippen molar-refractivity contribution in [2.75, 3.05) is 6.54 Å². The van der Waals surface area contributed by atoms with E-state index in [1.165, 1.54) is 4.90 Å². The van der Waals surface area contributed by atoms with Crippen molar-refractivity contribution >= 4 is 18.3 Å². The molecule has 3 nitrogen and oxygen atoms in total. The molecule has 0 unspecified atom stereocenters. The van der Waals surface area contributed by atoms with Gasteiger partial charge in [0, 0.05) is 18.7 Å². The molecule has 6 heteroatoms. The lowest BCUT2D eigenvalue weighted by atomic mass is 9.98. The van der Waals surface area contributed by atoms with E-state index < -0.39 is 17.7 Å². The summed E-state index contributed by atoms with van der Waals surface area (Å²) in [6.07, 6.45) is 0.331. The average molecular weight is 277 g/mol. The van der Waals surface area contributed by atoms with Crippen molar-refractivity contribution in [1.82, 2.24) is 4.90 Å². The Bertz CT molecular complexity index is 466. The molecule has 2 rings (SSSR count). The van der Waals surface area contributed by atoms with Crippen LogP contribution in [0.15, 0.2) is 12.1 Å². The summed E-state index contributed by atoms with van der Waals surface area (Å²) in [6, 6.07) is 1.60. The Kier molecular flexibility index (Phi) is 4.65. The lowest BCUT2D eigenvalue weighted by Crippen LogP contribution is -2.44. The SMILES string of the molecule is C[C@@H](N)C(=O)N1CCc2c(F)ccc(F)c2C1.Cl. The zero-order valence-electron chi connectivity index (χ0n) is 9.95. The van der Waals surface area contributed by atoms with Crippen LogP contribution < -0.4 is 5.73 Å². The zero-order valence-corrected chi connectivity index (χ0v) is 10.8. The number of hydrogen-bond acceptors (Lipinski definition) is 2. The molecule has 0 aliphatic carbocycles. The first-order valence-corrected chi connectivity index (χ1v) is 5.51. The number of carbonyl (C=O) groups excluding carboxylic acids is 1. The van der Waals surface area contributed by atoms with E-state index in [1.54, 1.807) is 6.92 Å². The Labute approximate surface area is 110 Å². The van der Waals surface area contributed by atoms with Crippen LogP contribution in [0.25, 0.3) is 0 Å². The highest BCUT2D eigenvalue weighted by Gasteiger charge is 2.26. The van der Waals surface area contributed by atoms with Crippen molar-refractivity contribution in [3.05, 3.63) is 34.9 Å². The van der Waals surface area contributed by atoms with Crippen LogP contribution in [0, 0.1) is 11.6 Å². The quantitative estimate of drug-likeness (QED) is 0.847. The first-order chi connectivity index (χ1) is 8.00. The molecule has 1 amide bonds. The topological polar surface area (TPSA) is 46.3 Å². The van der Waals surface area contributed by atoms with Crippen molar-refractivity contribution < 1.29 is 13.6 Å². The molecule has 0 bridgehead atoms. The summed E-state index contributed by atoms with van der Waals surface area (Å²) in [4.78, 5) is 13.2. The number of hydrogen-bond donors (Lipinski definition) is 1. The van der Waals surface area contributed by atoms with Gasteiger partial charge in [-0.3, -0.25) is 4.79 Å². The van der Waals surface area contributed by atoms with Crippen LogP contribution in [0.4, 0.5) is 8.78 Å². The Hall–Kier alpha value is -1.20. The highest BCUT2D eigenvalue weighted by Crippen LogP contribution is 2.24. The predicted molar refractivity (Wildman–Crippen MR) is 66.4 cm³/mol. The van der Waals surface area contributed by atoms with Gasteiger partial charge in [0.2, 0.25) is 5.91 Å². The molecule has 1 atom stereocenters. The van der Waals surface area contributed by atoms with E-state index in [0.717, 1.165) is 12.1 Å². The van der Waals surface area contributed by atoms with Crippen LogP contribution in [-0.4, -0.2) is 23.4 Å². The van der Waals surface area contributed by atoms with Crippen molar-refractivity contribution in [1.29, 1.82) is 0 Å². The Morgan fingerprint density at radius 3 is 2.44 bits per heavy atom. The average Bonchev–Trinajstić information content (AvgIpc) is 2.32. The molecular formula is C12H15ClF2N2O. The number of nitrogens with two attached hydrogens (primary N) is 1. The molecule has 100 valence electrons. The fraction of sp³-hybridized carbons (Fsp3) is 0.417. The molecule has 0 spiro atoms. The van der Waals surface area contributed by atoms with Crippen molar-refractivity contribution in [3.8, 4) is 0 Å². The largest absolute Gasteiger partial charge is 0.337 e. The molecule has 1 aliphatic heterocycles. The molecule has 18 heavy (non-hydrogen) atoms. The molecule has 0 radical (unpaired) electrons. The summed E-state index contributed by atoms with van der Waals surface area (Å²) in [7, 11) is 0. The van der Waals surface area contributed by atoms with Gasteiger partial charge in [-0.15, -0.1) is 12.4 Å². The smallest absolute Gasteiger partial charge is 0.239 e. The monoisotopic (exact) mass is 276 g/mol. The van der Waals surface area contributed by atoms with Crippen molar-refractivity contribution in [3.63, 3.8) is 0 Å². The molecule has 1 aromatic rings. The Morgan fingerprint density at radius 2 is 1.89 bits per heavy atom. The minimum Gasteiger partial charge on any atom is -0.337 e. The van der Waals surface area contributed by atoms with Crippen LogP contribution in [0.5, 0.6) is 0 Å². The zero-order chi connectivity index (χ0) is 12.6. The third kappa shape index (κ3) is 2.62. The molecule has 1 aliphatic rings. The maximum Gasteiger partial charge on any atom is 0.239 e. The first kappa shape index (κ1) is 14.9. The summed E-state index contributed by atoms with van der Waals surface area (Å²) >= 11 is 0.